The number of hydrogen-bond acceptors (Lipinski definition) is 5. The summed E-state index contributed by atoms with van der Waals surface area (Å²) in [6.45, 7) is 7.03. The third-order valence-corrected chi connectivity index (χ3v) is 6.17. The maximum atomic E-state index is 12.4. The molecule has 0 fully saturated rings. The van der Waals surface area contributed by atoms with E-state index in [0.717, 1.165) is 29.0 Å². The summed E-state index contributed by atoms with van der Waals surface area (Å²) in [5, 5.41) is 5.36. The molecule has 0 saturated heterocycles. The number of thiazole rings is 1. The van der Waals surface area contributed by atoms with Crippen LogP contribution in [0.4, 0.5) is 5.13 Å². The number of amides is 1. The van der Waals surface area contributed by atoms with Crippen LogP contribution in [0.25, 0.3) is 17.3 Å². The lowest BCUT2D eigenvalue weighted by Crippen LogP contribution is -2.07. The summed E-state index contributed by atoms with van der Waals surface area (Å²) in [4.78, 5) is 16.9. The van der Waals surface area contributed by atoms with Gasteiger partial charge in [-0.05, 0) is 61.2 Å². The van der Waals surface area contributed by atoms with Crippen molar-refractivity contribution >= 4 is 28.5 Å². The fourth-order valence-corrected chi connectivity index (χ4v) is 4.02. The zero-order valence-electron chi connectivity index (χ0n) is 19.8. The second-order valence-electron chi connectivity index (χ2n) is 7.98. The van der Waals surface area contributed by atoms with Gasteiger partial charge in [-0.2, -0.15) is 0 Å². The summed E-state index contributed by atoms with van der Waals surface area (Å²) in [5.41, 5.74) is 5.23. The van der Waals surface area contributed by atoms with Crippen molar-refractivity contribution in [1.82, 2.24) is 4.98 Å². The van der Waals surface area contributed by atoms with Crippen LogP contribution in [-0.2, 0) is 4.79 Å². The van der Waals surface area contributed by atoms with E-state index in [4.69, 9.17) is 9.47 Å². The topological polar surface area (TPSA) is 60.5 Å². The lowest BCUT2D eigenvalue weighted by atomic mass is 10.1. The number of rotatable bonds is 11. The highest BCUT2D eigenvalue weighted by Crippen LogP contribution is 2.29. The van der Waals surface area contributed by atoms with E-state index >= 15 is 0 Å². The van der Waals surface area contributed by atoms with Crippen molar-refractivity contribution in [1.29, 1.82) is 0 Å². The minimum absolute atomic E-state index is 0.230. The average molecular weight is 465 g/mol. The maximum Gasteiger partial charge on any atom is 0.250 e. The number of carbonyl (C=O) groups excluding carboxylic acids is 1. The Labute approximate surface area is 200 Å². The van der Waals surface area contributed by atoms with Crippen LogP contribution in [0.2, 0.25) is 0 Å². The lowest BCUT2D eigenvalue weighted by Gasteiger charge is -2.11. The van der Waals surface area contributed by atoms with Crippen molar-refractivity contribution in [2.24, 2.45) is 0 Å². The molecular formula is C27H32N2O3S. The van der Waals surface area contributed by atoms with Crippen molar-refractivity contribution in [2.75, 3.05) is 19.0 Å². The molecule has 0 aliphatic carbocycles. The van der Waals surface area contributed by atoms with Crippen LogP contribution in [0.15, 0.2) is 47.9 Å². The third-order valence-electron chi connectivity index (χ3n) is 5.41. The highest BCUT2D eigenvalue weighted by molar-refractivity contribution is 7.14. The average Bonchev–Trinajstić information content (AvgIpc) is 3.28. The van der Waals surface area contributed by atoms with Crippen LogP contribution in [0.5, 0.6) is 11.5 Å². The number of methoxy groups -OCH3 is 1. The molecule has 0 saturated carbocycles. The van der Waals surface area contributed by atoms with E-state index in [9.17, 15) is 4.79 Å². The predicted octanol–water partition coefficient (Wildman–Crippen LogP) is 7.05. The monoisotopic (exact) mass is 464 g/mol. The van der Waals surface area contributed by atoms with Crippen molar-refractivity contribution in [2.45, 2.75) is 46.5 Å². The van der Waals surface area contributed by atoms with E-state index in [1.807, 2.05) is 23.6 Å². The molecule has 0 atom stereocenters. The number of anilines is 1. The zero-order chi connectivity index (χ0) is 23.6. The van der Waals surface area contributed by atoms with Crippen LogP contribution in [-0.4, -0.2) is 24.6 Å². The van der Waals surface area contributed by atoms with Gasteiger partial charge in [0.05, 0.1) is 19.4 Å². The third kappa shape index (κ3) is 7.19. The molecule has 2 aromatic carbocycles. The molecule has 0 aliphatic heterocycles. The molecule has 0 unspecified atom stereocenters. The smallest absolute Gasteiger partial charge is 0.250 e. The molecule has 1 heterocycles. The second kappa shape index (κ2) is 12.2. The number of nitrogens with zero attached hydrogens (tertiary/aromatic N) is 1. The Morgan fingerprint density at radius 1 is 1.06 bits per heavy atom. The van der Waals surface area contributed by atoms with Crippen molar-refractivity contribution in [3.05, 3.63) is 64.5 Å². The Kier molecular flexibility index (Phi) is 9.07. The number of aromatic nitrogens is 1. The first kappa shape index (κ1) is 24.5. The minimum Gasteiger partial charge on any atom is -0.493 e. The first-order valence-corrected chi connectivity index (χ1v) is 12.2. The van der Waals surface area contributed by atoms with E-state index < -0.39 is 0 Å². The number of hydrogen-bond donors (Lipinski definition) is 1. The van der Waals surface area contributed by atoms with Gasteiger partial charge in [0.25, 0.3) is 0 Å². The van der Waals surface area contributed by atoms with Crippen molar-refractivity contribution in [3.63, 3.8) is 0 Å². The molecule has 0 aliphatic rings. The van der Waals surface area contributed by atoms with E-state index in [1.165, 1.54) is 47.8 Å². The molecule has 174 valence electrons. The van der Waals surface area contributed by atoms with Crippen LogP contribution in [0, 0.1) is 13.8 Å². The number of unbranched alkanes of at least 4 members (excludes halogenated alkanes) is 3. The number of aryl methyl sites for hydroxylation is 2. The normalized spacial score (nSPS) is 11.0. The molecule has 1 amide bonds. The Morgan fingerprint density at radius 2 is 1.91 bits per heavy atom. The summed E-state index contributed by atoms with van der Waals surface area (Å²) >= 11 is 1.41. The van der Waals surface area contributed by atoms with Crippen LogP contribution < -0.4 is 14.8 Å². The molecule has 0 spiro atoms. The van der Waals surface area contributed by atoms with Gasteiger partial charge in [0.2, 0.25) is 5.91 Å². The lowest BCUT2D eigenvalue weighted by molar-refractivity contribution is -0.111. The SMILES string of the molecule is CCCCCCOc1ccc(/C=C/C(=O)Nc2nc(-c3ccc(C)c(C)c3)cs2)cc1OC. The number of nitrogens with one attached hydrogen (secondary N) is 1. The van der Waals surface area contributed by atoms with Gasteiger partial charge in [0.15, 0.2) is 16.6 Å². The molecule has 1 aromatic heterocycles. The van der Waals surface area contributed by atoms with Gasteiger partial charge >= 0.3 is 0 Å². The summed E-state index contributed by atoms with van der Waals surface area (Å²) < 4.78 is 11.3. The largest absolute Gasteiger partial charge is 0.493 e. The summed E-state index contributed by atoms with van der Waals surface area (Å²) in [6.07, 6.45) is 7.87. The quantitative estimate of drug-likeness (QED) is 0.244. The van der Waals surface area contributed by atoms with Gasteiger partial charge in [-0.25, -0.2) is 4.98 Å². The molecule has 0 bridgehead atoms. The summed E-state index contributed by atoms with van der Waals surface area (Å²) in [7, 11) is 1.62. The summed E-state index contributed by atoms with van der Waals surface area (Å²) in [6, 6.07) is 11.9. The molecule has 3 aromatic rings. The molecule has 3 rings (SSSR count). The Bertz CT molecular complexity index is 1100. The zero-order valence-corrected chi connectivity index (χ0v) is 20.6. The first-order valence-electron chi connectivity index (χ1n) is 11.3. The van der Waals surface area contributed by atoms with E-state index in [-0.39, 0.29) is 5.91 Å². The number of ether oxygens (including phenoxy) is 2. The number of benzene rings is 2. The standard InChI is InChI=1S/C27H32N2O3S/c1-5-6-7-8-15-32-24-13-10-21(17-25(24)31-4)11-14-26(30)29-27-28-23(18-33-27)22-12-9-19(2)20(3)16-22/h9-14,16-18H,5-8,15H2,1-4H3,(H,28,29,30)/b14-11+. The number of carbonyl (C=O) groups is 1. The highest BCUT2D eigenvalue weighted by Gasteiger charge is 2.08. The van der Waals surface area contributed by atoms with Crippen LogP contribution >= 0.6 is 11.3 Å². The van der Waals surface area contributed by atoms with Crippen LogP contribution in [0.3, 0.4) is 0 Å². The van der Waals surface area contributed by atoms with Gasteiger partial charge in [-0.3, -0.25) is 10.1 Å². The van der Waals surface area contributed by atoms with Gasteiger partial charge in [0.1, 0.15) is 0 Å². The van der Waals surface area contributed by atoms with Crippen LogP contribution in [0.1, 0.15) is 49.3 Å². The first-order chi connectivity index (χ1) is 16.0. The Balaban J connectivity index is 1.58. The molecule has 1 N–H and O–H groups in total. The van der Waals surface area contributed by atoms with Gasteiger partial charge < -0.3 is 9.47 Å². The Morgan fingerprint density at radius 3 is 2.67 bits per heavy atom. The van der Waals surface area contributed by atoms with E-state index in [2.05, 4.69) is 49.3 Å². The molecular weight excluding hydrogens is 432 g/mol. The predicted molar refractivity (Wildman–Crippen MR) is 137 cm³/mol. The molecule has 6 heteroatoms. The Hall–Kier alpha value is -3.12. The highest BCUT2D eigenvalue weighted by atomic mass is 32.1. The van der Waals surface area contributed by atoms with Gasteiger partial charge in [-0.15, -0.1) is 11.3 Å². The van der Waals surface area contributed by atoms with Crippen molar-refractivity contribution < 1.29 is 14.3 Å². The van der Waals surface area contributed by atoms with E-state index in [0.29, 0.717) is 17.5 Å². The summed E-state index contributed by atoms with van der Waals surface area (Å²) in [5.74, 6) is 1.15. The molecule has 5 nitrogen and oxygen atoms in total. The maximum absolute atomic E-state index is 12.4. The fourth-order valence-electron chi connectivity index (χ4n) is 3.30. The fraction of sp³-hybridized carbons (Fsp3) is 0.333. The minimum atomic E-state index is -0.230. The second-order valence-corrected chi connectivity index (χ2v) is 8.84. The van der Waals surface area contributed by atoms with Gasteiger partial charge in [-0.1, -0.05) is 44.4 Å². The van der Waals surface area contributed by atoms with Gasteiger partial charge in [0, 0.05) is 17.0 Å². The van der Waals surface area contributed by atoms with E-state index in [1.54, 1.807) is 13.2 Å². The molecule has 33 heavy (non-hydrogen) atoms. The van der Waals surface area contributed by atoms with Crippen molar-refractivity contribution in [3.8, 4) is 22.8 Å². The molecule has 0 radical (unpaired) electrons.